The zero-order valence-corrected chi connectivity index (χ0v) is 17.6. The van der Waals surface area contributed by atoms with Crippen molar-refractivity contribution in [2.45, 2.75) is 47.0 Å². The van der Waals surface area contributed by atoms with Crippen LogP contribution >= 0.6 is 12.2 Å². The second kappa shape index (κ2) is 9.64. The Morgan fingerprint density at radius 2 is 2.00 bits per heavy atom. The molecule has 0 bridgehead atoms. The molecular weight excluding hydrogens is 378 g/mol. The molecule has 8 heteroatoms. The fourth-order valence-corrected chi connectivity index (χ4v) is 3.16. The number of ether oxygens (including phenoxy) is 2. The summed E-state index contributed by atoms with van der Waals surface area (Å²) < 4.78 is 10.0. The van der Waals surface area contributed by atoms with Crippen LogP contribution in [0.3, 0.4) is 0 Å². The zero-order valence-electron chi connectivity index (χ0n) is 16.8. The van der Waals surface area contributed by atoms with Gasteiger partial charge in [-0.3, -0.25) is 5.32 Å². The van der Waals surface area contributed by atoms with Crippen LogP contribution < -0.4 is 10.2 Å². The third-order valence-corrected chi connectivity index (χ3v) is 4.74. The SMILES string of the molecule is CCOC(=O)NC(=S)N(C(=O)OCC)c1ncccc1C1=CCC(C)(C)CC1. The lowest BCUT2D eigenvalue weighted by molar-refractivity contribution is 0.157. The summed E-state index contributed by atoms with van der Waals surface area (Å²) in [6.07, 6.45) is 5.12. The standard InChI is InChI=1S/C20H27N3O4S/c1-5-26-18(24)22-17(28)23(19(25)27-6-2)16-15(8-7-13-21-16)14-9-11-20(3,4)12-10-14/h7-9,13H,5-6,10-12H2,1-4H3,(H,22,24,28). The molecule has 28 heavy (non-hydrogen) atoms. The third kappa shape index (κ3) is 5.51. The molecule has 0 saturated carbocycles. The number of carbonyl (C=O) groups excluding carboxylic acids is 2. The molecule has 2 amide bonds. The lowest BCUT2D eigenvalue weighted by Crippen LogP contribution is -2.47. The van der Waals surface area contributed by atoms with Crippen molar-refractivity contribution in [3.63, 3.8) is 0 Å². The topological polar surface area (TPSA) is 80.8 Å². The van der Waals surface area contributed by atoms with Crippen molar-refractivity contribution in [2.75, 3.05) is 18.1 Å². The van der Waals surface area contributed by atoms with Gasteiger partial charge in [-0.1, -0.05) is 19.9 Å². The van der Waals surface area contributed by atoms with Crippen LogP contribution in [0, 0.1) is 5.41 Å². The van der Waals surface area contributed by atoms with E-state index in [1.54, 1.807) is 20.0 Å². The van der Waals surface area contributed by atoms with E-state index < -0.39 is 12.2 Å². The van der Waals surface area contributed by atoms with Gasteiger partial charge in [-0.05, 0) is 68.4 Å². The molecular formula is C20H27N3O4S. The Morgan fingerprint density at radius 1 is 1.29 bits per heavy atom. The lowest BCUT2D eigenvalue weighted by Gasteiger charge is -2.30. The Labute approximate surface area is 171 Å². The van der Waals surface area contributed by atoms with E-state index in [0.717, 1.165) is 35.3 Å². The highest BCUT2D eigenvalue weighted by atomic mass is 32.1. The Hall–Kier alpha value is -2.48. The number of rotatable bonds is 4. The largest absolute Gasteiger partial charge is 0.450 e. The maximum atomic E-state index is 12.6. The van der Waals surface area contributed by atoms with E-state index in [0.29, 0.717) is 5.82 Å². The number of alkyl carbamates (subject to hydrolysis) is 1. The smallest absolute Gasteiger partial charge is 0.422 e. The molecule has 1 heterocycles. The van der Waals surface area contributed by atoms with Gasteiger partial charge in [-0.15, -0.1) is 0 Å². The van der Waals surface area contributed by atoms with Gasteiger partial charge < -0.3 is 9.47 Å². The van der Waals surface area contributed by atoms with Crippen molar-refractivity contribution >= 4 is 40.9 Å². The van der Waals surface area contributed by atoms with Crippen molar-refractivity contribution in [3.05, 3.63) is 30.0 Å². The van der Waals surface area contributed by atoms with Crippen molar-refractivity contribution in [3.8, 4) is 0 Å². The van der Waals surface area contributed by atoms with E-state index >= 15 is 0 Å². The van der Waals surface area contributed by atoms with Gasteiger partial charge in [0.2, 0.25) is 0 Å². The van der Waals surface area contributed by atoms with Gasteiger partial charge in [0.25, 0.3) is 0 Å². The van der Waals surface area contributed by atoms with Crippen LogP contribution in [0.25, 0.3) is 5.57 Å². The van der Waals surface area contributed by atoms with Gasteiger partial charge in [0.05, 0.1) is 13.2 Å². The predicted molar refractivity (Wildman–Crippen MR) is 112 cm³/mol. The number of allylic oxidation sites excluding steroid dienone is 2. The number of hydrogen-bond acceptors (Lipinski definition) is 6. The second-order valence-corrected chi connectivity index (χ2v) is 7.54. The monoisotopic (exact) mass is 405 g/mol. The van der Waals surface area contributed by atoms with Gasteiger partial charge in [0.1, 0.15) is 0 Å². The number of amides is 2. The normalized spacial score (nSPS) is 15.2. The summed E-state index contributed by atoms with van der Waals surface area (Å²) in [5, 5.41) is 2.25. The Kier molecular flexibility index (Phi) is 7.51. The van der Waals surface area contributed by atoms with Gasteiger partial charge in [-0.25, -0.2) is 19.5 Å². The molecule has 7 nitrogen and oxygen atoms in total. The van der Waals surface area contributed by atoms with E-state index in [9.17, 15) is 9.59 Å². The molecule has 1 aromatic rings. The summed E-state index contributed by atoms with van der Waals surface area (Å²) >= 11 is 5.29. The van der Waals surface area contributed by atoms with Crippen LogP contribution in [-0.4, -0.2) is 35.5 Å². The van der Waals surface area contributed by atoms with Crippen molar-refractivity contribution in [2.24, 2.45) is 5.41 Å². The number of thiocarbonyl (C=S) groups is 1. The van der Waals surface area contributed by atoms with Crippen LogP contribution in [0.5, 0.6) is 0 Å². The molecule has 2 rings (SSSR count). The number of nitrogens with zero attached hydrogens (tertiary/aromatic N) is 2. The molecule has 152 valence electrons. The number of nitrogens with one attached hydrogen (secondary N) is 1. The minimum Gasteiger partial charge on any atom is -0.450 e. The molecule has 1 aromatic heterocycles. The Morgan fingerprint density at radius 3 is 2.61 bits per heavy atom. The Balaban J connectivity index is 2.41. The molecule has 0 radical (unpaired) electrons. The third-order valence-electron chi connectivity index (χ3n) is 4.45. The quantitative estimate of drug-likeness (QED) is 0.733. The van der Waals surface area contributed by atoms with E-state index in [4.69, 9.17) is 21.7 Å². The van der Waals surface area contributed by atoms with Crippen molar-refractivity contribution < 1.29 is 19.1 Å². The summed E-state index contributed by atoms with van der Waals surface area (Å²) in [5.41, 5.74) is 2.13. The van der Waals surface area contributed by atoms with Gasteiger partial charge in [0, 0.05) is 11.8 Å². The number of pyridine rings is 1. The molecule has 0 aromatic carbocycles. The van der Waals surface area contributed by atoms with Crippen LogP contribution in [0.15, 0.2) is 24.4 Å². The van der Waals surface area contributed by atoms with Crippen molar-refractivity contribution in [1.29, 1.82) is 0 Å². The first-order valence-corrected chi connectivity index (χ1v) is 9.79. The zero-order chi connectivity index (χ0) is 20.7. The first-order valence-electron chi connectivity index (χ1n) is 9.38. The summed E-state index contributed by atoms with van der Waals surface area (Å²) in [7, 11) is 0. The predicted octanol–water partition coefficient (Wildman–Crippen LogP) is 4.67. The first-order chi connectivity index (χ1) is 13.3. The van der Waals surface area contributed by atoms with Crippen molar-refractivity contribution in [1.82, 2.24) is 10.3 Å². The average Bonchev–Trinajstić information content (AvgIpc) is 2.63. The molecule has 1 N–H and O–H groups in total. The van der Waals surface area contributed by atoms with Gasteiger partial charge in [0.15, 0.2) is 10.9 Å². The summed E-state index contributed by atoms with van der Waals surface area (Å²) in [5.74, 6) is 0.328. The molecule has 0 aliphatic heterocycles. The lowest BCUT2D eigenvalue weighted by atomic mass is 9.77. The maximum Gasteiger partial charge on any atom is 0.422 e. The Bertz CT molecular complexity index is 776. The van der Waals surface area contributed by atoms with Crippen LogP contribution in [0.4, 0.5) is 15.4 Å². The van der Waals surface area contributed by atoms with Crippen LogP contribution in [-0.2, 0) is 9.47 Å². The van der Waals surface area contributed by atoms with E-state index in [2.05, 4.69) is 30.2 Å². The van der Waals surface area contributed by atoms with E-state index in [1.807, 2.05) is 12.1 Å². The molecule has 1 aliphatic rings. The fourth-order valence-electron chi connectivity index (χ4n) is 2.91. The highest BCUT2D eigenvalue weighted by Crippen LogP contribution is 2.40. The minimum atomic E-state index is -0.738. The van der Waals surface area contributed by atoms with Crippen LogP contribution in [0.1, 0.15) is 52.5 Å². The number of carbonyl (C=O) groups is 2. The molecule has 0 fully saturated rings. The van der Waals surface area contributed by atoms with E-state index in [1.165, 1.54) is 0 Å². The number of aromatic nitrogens is 1. The summed E-state index contributed by atoms with van der Waals surface area (Å²) in [6, 6.07) is 3.70. The molecule has 0 unspecified atom stereocenters. The number of hydrogen-bond donors (Lipinski definition) is 1. The van der Waals surface area contributed by atoms with E-state index in [-0.39, 0.29) is 23.7 Å². The molecule has 0 spiro atoms. The van der Waals surface area contributed by atoms with Gasteiger partial charge >= 0.3 is 12.2 Å². The highest BCUT2D eigenvalue weighted by molar-refractivity contribution is 7.80. The fraction of sp³-hybridized carbons (Fsp3) is 0.500. The second-order valence-electron chi connectivity index (χ2n) is 7.16. The minimum absolute atomic E-state index is 0.145. The maximum absolute atomic E-state index is 12.6. The number of anilines is 1. The first kappa shape index (κ1) is 21.8. The highest BCUT2D eigenvalue weighted by Gasteiger charge is 2.30. The van der Waals surface area contributed by atoms with Crippen LogP contribution in [0.2, 0.25) is 0 Å². The molecule has 0 atom stereocenters. The molecule has 1 aliphatic carbocycles. The summed E-state index contributed by atoms with van der Waals surface area (Å²) in [6.45, 7) is 8.19. The summed E-state index contributed by atoms with van der Waals surface area (Å²) in [4.78, 5) is 29.9. The average molecular weight is 406 g/mol. The molecule has 0 saturated heterocycles. The van der Waals surface area contributed by atoms with Gasteiger partial charge in [-0.2, -0.15) is 0 Å².